The highest BCUT2D eigenvalue weighted by Crippen LogP contribution is 2.67. The molecule has 3 nitrogen and oxygen atoms in total. The number of fused-ring (bicyclic) bond motifs is 1. The van der Waals surface area contributed by atoms with Crippen molar-refractivity contribution in [2.24, 2.45) is 10.8 Å². The molecule has 1 aliphatic carbocycles. The Bertz CT molecular complexity index is 331. The monoisotopic (exact) mass is 223 g/mol. The summed E-state index contributed by atoms with van der Waals surface area (Å²) in [6.07, 6.45) is 5.20. The van der Waals surface area contributed by atoms with Gasteiger partial charge in [-0.3, -0.25) is 4.79 Å². The molecule has 2 spiro atoms. The number of carbonyl (C=O) groups excluding carboxylic acids is 1. The molecule has 2 heterocycles. The van der Waals surface area contributed by atoms with Gasteiger partial charge in [-0.25, -0.2) is 0 Å². The van der Waals surface area contributed by atoms with Gasteiger partial charge in [0.05, 0.1) is 5.54 Å². The maximum atomic E-state index is 11.9. The average molecular weight is 223 g/mol. The normalized spacial score (nSPS) is 39.8. The van der Waals surface area contributed by atoms with Crippen molar-refractivity contribution in [3.8, 4) is 0 Å². The third-order valence-corrected chi connectivity index (χ3v) is 5.58. The number of rotatable bonds is 0. The van der Waals surface area contributed by atoms with Gasteiger partial charge in [-0.05, 0) is 31.1 Å². The third kappa shape index (κ3) is 1.05. The predicted octanol–water partition coefficient (Wildman–Crippen LogP) is 1.86. The van der Waals surface area contributed by atoms with Crippen molar-refractivity contribution >= 4 is 5.91 Å². The quantitative estimate of drug-likeness (QED) is 0.680. The topological polar surface area (TPSA) is 38.3 Å². The van der Waals surface area contributed by atoms with E-state index in [1.54, 1.807) is 0 Å². The van der Waals surface area contributed by atoms with Crippen molar-refractivity contribution in [3.05, 3.63) is 0 Å². The van der Waals surface area contributed by atoms with Crippen LogP contribution in [0.3, 0.4) is 0 Å². The Balaban J connectivity index is 1.99. The average Bonchev–Trinajstić information content (AvgIpc) is 2.53. The molecule has 3 heteroatoms. The van der Waals surface area contributed by atoms with Crippen LogP contribution in [0.1, 0.15) is 46.0 Å². The van der Waals surface area contributed by atoms with Gasteiger partial charge in [0.15, 0.2) is 0 Å². The third-order valence-electron chi connectivity index (χ3n) is 5.58. The molecule has 3 fully saturated rings. The SMILES string of the molecule is CC1(C)CCC12CC(=O)NC21CCOCC1. The zero-order valence-corrected chi connectivity index (χ0v) is 10.3. The van der Waals surface area contributed by atoms with Crippen molar-refractivity contribution in [1.82, 2.24) is 5.32 Å². The molecule has 1 saturated carbocycles. The number of carbonyl (C=O) groups is 1. The molecule has 0 aromatic rings. The van der Waals surface area contributed by atoms with E-state index >= 15 is 0 Å². The first-order valence-corrected chi connectivity index (χ1v) is 6.40. The molecular weight excluding hydrogens is 202 g/mol. The standard InChI is InChI=1S/C13H21NO2/c1-11(2)3-4-12(11)9-10(15)14-13(12)5-7-16-8-6-13/h3-9H2,1-2H3,(H,14,15). The summed E-state index contributed by atoms with van der Waals surface area (Å²) in [6, 6.07) is 0. The molecule has 3 aliphatic rings. The van der Waals surface area contributed by atoms with Crippen molar-refractivity contribution in [3.63, 3.8) is 0 Å². The van der Waals surface area contributed by atoms with Crippen molar-refractivity contribution in [1.29, 1.82) is 0 Å². The maximum Gasteiger partial charge on any atom is 0.221 e. The fourth-order valence-electron chi connectivity index (χ4n) is 4.34. The zero-order chi connectivity index (χ0) is 11.4. The van der Waals surface area contributed by atoms with Gasteiger partial charge in [-0.2, -0.15) is 0 Å². The van der Waals surface area contributed by atoms with Crippen molar-refractivity contribution < 1.29 is 9.53 Å². The van der Waals surface area contributed by atoms with Gasteiger partial charge in [0, 0.05) is 25.0 Å². The summed E-state index contributed by atoms with van der Waals surface area (Å²) < 4.78 is 5.47. The Morgan fingerprint density at radius 1 is 1.12 bits per heavy atom. The number of nitrogens with one attached hydrogen (secondary N) is 1. The summed E-state index contributed by atoms with van der Waals surface area (Å²) in [5.74, 6) is 0.259. The molecule has 0 radical (unpaired) electrons. The molecule has 1 atom stereocenters. The summed E-state index contributed by atoms with van der Waals surface area (Å²) >= 11 is 0. The molecule has 1 amide bonds. The highest BCUT2D eigenvalue weighted by atomic mass is 16.5. The van der Waals surface area contributed by atoms with E-state index in [9.17, 15) is 4.79 Å². The Kier molecular flexibility index (Phi) is 1.99. The van der Waals surface area contributed by atoms with Crippen molar-refractivity contribution in [2.75, 3.05) is 13.2 Å². The molecule has 2 saturated heterocycles. The fraction of sp³-hybridized carbons (Fsp3) is 0.923. The molecule has 2 aliphatic heterocycles. The molecule has 0 bridgehead atoms. The molecule has 90 valence electrons. The lowest BCUT2D eigenvalue weighted by Gasteiger charge is -2.63. The second kappa shape index (κ2) is 3.00. The fourth-order valence-corrected chi connectivity index (χ4v) is 4.34. The minimum atomic E-state index is 0.0457. The van der Waals surface area contributed by atoms with Gasteiger partial charge in [0.2, 0.25) is 5.91 Å². The van der Waals surface area contributed by atoms with E-state index in [4.69, 9.17) is 4.74 Å². The zero-order valence-electron chi connectivity index (χ0n) is 10.3. The minimum Gasteiger partial charge on any atom is -0.381 e. The van der Waals surface area contributed by atoms with Crippen LogP contribution in [-0.4, -0.2) is 24.7 Å². The highest BCUT2D eigenvalue weighted by molar-refractivity contribution is 5.81. The van der Waals surface area contributed by atoms with Crippen LogP contribution in [0.5, 0.6) is 0 Å². The van der Waals surface area contributed by atoms with E-state index in [0.717, 1.165) is 32.5 Å². The van der Waals surface area contributed by atoms with Crippen LogP contribution in [0.25, 0.3) is 0 Å². The lowest BCUT2D eigenvalue weighted by molar-refractivity contribution is -0.134. The summed E-state index contributed by atoms with van der Waals surface area (Å²) in [7, 11) is 0. The number of hydrogen-bond acceptors (Lipinski definition) is 2. The highest BCUT2D eigenvalue weighted by Gasteiger charge is 2.68. The largest absolute Gasteiger partial charge is 0.381 e. The van der Waals surface area contributed by atoms with Crippen LogP contribution >= 0.6 is 0 Å². The second-order valence-corrected chi connectivity index (χ2v) is 6.39. The molecule has 0 aromatic carbocycles. The minimum absolute atomic E-state index is 0.0457. The van der Waals surface area contributed by atoms with Crippen molar-refractivity contribution in [2.45, 2.75) is 51.5 Å². The van der Waals surface area contributed by atoms with E-state index < -0.39 is 0 Å². The van der Waals surface area contributed by atoms with E-state index in [1.807, 2.05) is 0 Å². The van der Waals surface area contributed by atoms with Gasteiger partial charge < -0.3 is 10.1 Å². The Morgan fingerprint density at radius 2 is 1.81 bits per heavy atom. The summed E-state index contributed by atoms with van der Waals surface area (Å²) in [5, 5.41) is 3.30. The number of ether oxygens (including phenoxy) is 1. The van der Waals surface area contributed by atoms with Crippen LogP contribution in [0, 0.1) is 10.8 Å². The summed E-state index contributed by atoms with van der Waals surface area (Å²) in [5.41, 5.74) is 0.564. The van der Waals surface area contributed by atoms with Gasteiger partial charge in [-0.1, -0.05) is 13.8 Å². The maximum absolute atomic E-state index is 11.9. The van der Waals surface area contributed by atoms with Crippen LogP contribution in [0.15, 0.2) is 0 Å². The second-order valence-electron chi connectivity index (χ2n) is 6.39. The van der Waals surface area contributed by atoms with E-state index in [1.165, 1.54) is 12.8 Å². The van der Waals surface area contributed by atoms with Crippen LogP contribution in [0.4, 0.5) is 0 Å². The summed E-state index contributed by atoms with van der Waals surface area (Å²) in [6.45, 7) is 6.26. The van der Waals surface area contributed by atoms with E-state index in [0.29, 0.717) is 5.41 Å². The first-order chi connectivity index (χ1) is 7.52. The van der Waals surface area contributed by atoms with Gasteiger partial charge in [-0.15, -0.1) is 0 Å². The molecule has 3 rings (SSSR count). The van der Waals surface area contributed by atoms with Gasteiger partial charge in [0.1, 0.15) is 0 Å². The van der Waals surface area contributed by atoms with Crippen LogP contribution < -0.4 is 5.32 Å². The Labute approximate surface area is 96.9 Å². The predicted molar refractivity (Wildman–Crippen MR) is 61.0 cm³/mol. The Hall–Kier alpha value is -0.570. The number of amides is 1. The van der Waals surface area contributed by atoms with Gasteiger partial charge >= 0.3 is 0 Å². The lowest BCUT2D eigenvalue weighted by atomic mass is 9.43. The first kappa shape index (κ1) is 10.6. The van der Waals surface area contributed by atoms with E-state index in [-0.39, 0.29) is 16.9 Å². The number of hydrogen-bond donors (Lipinski definition) is 1. The molecular formula is C13H21NO2. The molecule has 1 N–H and O–H groups in total. The molecule has 1 unspecified atom stereocenters. The first-order valence-electron chi connectivity index (χ1n) is 6.40. The van der Waals surface area contributed by atoms with Crippen LogP contribution in [-0.2, 0) is 9.53 Å². The Morgan fingerprint density at radius 3 is 2.31 bits per heavy atom. The van der Waals surface area contributed by atoms with Crippen LogP contribution in [0.2, 0.25) is 0 Å². The van der Waals surface area contributed by atoms with E-state index in [2.05, 4.69) is 19.2 Å². The summed E-state index contributed by atoms with van der Waals surface area (Å²) in [4.78, 5) is 11.9. The van der Waals surface area contributed by atoms with Gasteiger partial charge in [0.25, 0.3) is 0 Å². The molecule has 16 heavy (non-hydrogen) atoms. The lowest BCUT2D eigenvalue weighted by Crippen LogP contribution is -2.64. The molecule has 0 aromatic heterocycles. The smallest absolute Gasteiger partial charge is 0.221 e.